The van der Waals surface area contributed by atoms with E-state index in [0.717, 1.165) is 4.46 Å². The summed E-state index contributed by atoms with van der Waals surface area (Å²) in [6, 6.07) is 15.7. The molecule has 2 saturated heterocycles. The molecule has 10 heteroatoms. The number of rotatable bonds is 5. The number of carbonyl (C=O) groups excluding carboxylic acids is 1. The summed E-state index contributed by atoms with van der Waals surface area (Å²) in [5, 5.41) is 14.4. The number of carbonyl (C=O) groups is 1. The van der Waals surface area contributed by atoms with E-state index in [-0.39, 0.29) is 21.6 Å². The molecule has 0 radical (unpaired) electrons. The molecule has 0 aromatic heterocycles. The van der Waals surface area contributed by atoms with E-state index in [1.54, 1.807) is 24.3 Å². The van der Waals surface area contributed by atoms with E-state index in [2.05, 4.69) is 10.0 Å². The Bertz CT molecular complexity index is 953. The van der Waals surface area contributed by atoms with Gasteiger partial charge in [0.2, 0.25) is 0 Å². The van der Waals surface area contributed by atoms with E-state index in [4.69, 9.17) is 24.5 Å². The van der Waals surface area contributed by atoms with Crippen LogP contribution in [0.5, 0.6) is 5.75 Å². The van der Waals surface area contributed by atoms with E-state index in [0.29, 0.717) is 11.3 Å². The average molecular weight is 490 g/mol. The monoisotopic (exact) mass is 491 g/mol. The van der Waals surface area contributed by atoms with Crippen LogP contribution in [0.15, 0.2) is 59.7 Å². The van der Waals surface area contributed by atoms with Gasteiger partial charge in [-0.2, -0.15) is 0 Å². The van der Waals surface area contributed by atoms with E-state index in [1.807, 2.05) is 30.3 Å². The normalized spacial score (nSPS) is 30.0. The Morgan fingerprint density at radius 1 is 1.19 bits per heavy atom. The van der Waals surface area contributed by atoms with E-state index < -0.39 is 41.6 Å². The maximum atomic E-state index is 11.1. The Hall–Kier alpha value is -2.42. The van der Waals surface area contributed by atoms with Gasteiger partial charge < -0.3 is 0 Å². The van der Waals surface area contributed by atoms with Gasteiger partial charge in [-0.25, -0.2) is 0 Å². The number of fused-ring (bicyclic) bond motifs is 1. The van der Waals surface area contributed by atoms with Crippen LogP contribution in [0.1, 0.15) is 18.8 Å². The molecule has 1 unspecified atom stereocenters. The summed E-state index contributed by atoms with van der Waals surface area (Å²) in [5.74, 6) is 0.0133. The molecule has 2 fully saturated rings. The van der Waals surface area contributed by atoms with Crippen LogP contribution in [0, 0.1) is 0 Å². The van der Waals surface area contributed by atoms with E-state index in [1.165, 1.54) is 6.92 Å². The van der Waals surface area contributed by atoms with Crippen molar-refractivity contribution in [2.45, 2.75) is 42.6 Å². The van der Waals surface area contributed by atoms with Crippen molar-refractivity contribution in [1.29, 1.82) is 0 Å². The van der Waals surface area contributed by atoms with Crippen molar-refractivity contribution in [3.05, 3.63) is 70.6 Å². The fourth-order valence-electron chi connectivity index (χ4n) is 3.52. The van der Waals surface area contributed by atoms with Crippen molar-refractivity contribution in [1.82, 2.24) is 0 Å². The third kappa shape index (κ3) is 5.08. The quantitative estimate of drug-likeness (QED) is 0.170. The number of ether oxygens (including phenoxy) is 4. The summed E-state index contributed by atoms with van der Waals surface area (Å²) in [7, 11) is 0. The minimum atomic E-state index is -1.03. The third-order valence-electron chi connectivity index (χ3n) is 4.93. The van der Waals surface area contributed by atoms with Gasteiger partial charge in [-0.3, -0.25) is 4.79 Å². The first kappa shape index (κ1) is 21.8. The molecule has 0 spiro atoms. The first-order valence-corrected chi connectivity index (χ1v) is 11.5. The fourth-order valence-corrected chi connectivity index (χ4v) is 5.90. The molecular weight excluding hydrogens is 469 g/mol. The van der Waals surface area contributed by atoms with Crippen LogP contribution >= 0.6 is 0 Å². The zero-order valence-corrected chi connectivity index (χ0v) is 18.3. The molecule has 2 aromatic carbocycles. The van der Waals surface area contributed by atoms with Crippen LogP contribution in [0.3, 0.4) is 0 Å². The summed E-state index contributed by atoms with van der Waals surface area (Å²) in [4.78, 5) is 14.0. The van der Waals surface area contributed by atoms with Crippen LogP contribution in [0.4, 0.5) is 0 Å². The standard InChI is InChI=1S/C21H21N3O6Se/c1-12(25)28-14-9-7-13(8-10-14)20-27-11-16-19(30-20)18(26)17(23-24-22)21(29-16)31-15-5-3-2-4-6-15/h2-10,16-21,26H,11H2,1H3/t16-,17-,18-,19+,20?,21-/m1/s1. The predicted octanol–water partition coefficient (Wildman–Crippen LogP) is 1.82. The van der Waals surface area contributed by atoms with Gasteiger partial charge in [-0.05, 0) is 0 Å². The summed E-state index contributed by atoms with van der Waals surface area (Å²) in [5.41, 5.74) is 9.74. The molecule has 31 heavy (non-hydrogen) atoms. The second kappa shape index (κ2) is 9.80. The number of nitrogens with zero attached hydrogens (tertiary/aromatic N) is 3. The van der Waals surface area contributed by atoms with Gasteiger partial charge in [-0.1, -0.05) is 0 Å². The van der Waals surface area contributed by atoms with Gasteiger partial charge >= 0.3 is 173 Å². The summed E-state index contributed by atoms with van der Waals surface area (Å²) < 4.78 is 24.1. The molecule has 0 bridgehead atoms. The summed E-state index contributed by atoms with van der Waals surface area (Å²) in [6.45, 7) is 1.56. The maximum absolute atomic E-state index is 11.1. The van der Waals surface area contributed by atoms with E-state index >= 15 is 0 Å². The van der Waals surface area contributed by atoms with Gasteiger partial charge in [0.05, 0.1) is 0 Å². The van der Waals surface area contributed by atoms with E-state index in [9.17, 15) is 9.90 Å². The number of esters is 1. The Morgan fingerprint density at radius 3 is 2.61 bits per heavy atom. The molecule has 2 aliphatic heterocycles. The van der Waals surface area contributed by atoms with Gasteiger partial charge in [0, 0.05) is 6.92 Å². The van der Waals surface area contributed by atoms with Gasteiger partial charge in [0.25, 0.3) is 0 Å². The Labute approximate surface area is 185 Å². The Kier molecular flexibility index (Phi) is 6.89. The minimum absolute atomic E-state index is 0.171. The molecule has 0 amide bonds. The van der Waals surface area contributed by atoms with Crippen molar-refractivity contribution in [2.75, 3.05) is 6.61 Å². The number of aliphatic hydroxyl groups excluding tert-OH is 1. The van der Waals surface area contributed by atoms with Crippen LogP contribution < -0.4 is 9.20 Å². The van der Waals surface area contributed by atoms with Crippen LogP contribution in [0.25, 0.3) is 10.4 Å². The number of benzene rings is 2. The van der Waals surface area contributed by atoms with Crippen LogP contribution in [-0.2, 0) is 19.0 Å². The van der Waals surface area contributed by atoms with Gasteiger partial charge in [0.1, 0.15) is 0 Å². The Morgan fingerprint density at radius 2 is 1.94 bits per heavy atom. The zero-order chi connectivity index (χ0) is 21.8. The predicted molar refractivity (Wildman–Crippen MR) is 111 cm³/mol. The van der Waals surface area contributed by atoms with Gasteiger partial charge in [-0.15, -0.1) is 0 Å². The molecule has 0 saturated carbocycles. The summed E-state index contributed by atoms with van der Waals surface area (Å²) >= 11 is -0.171. The molecular formula is C21H21N3O6Se. The molecule has 4 rings (SSSR count). The first-order chi connectivity index (χ1) is 15.0. The van der Waals surface area contributed by atoms with Crippen LogP contribution in [-0.4, -0.2) is 62.0 Å². The van der Waals surface area contributed by atoms with Crippen molar-refractivity contribution in [2.24, 2.45) is 5.11 Å². The topological polar surface area (TPSA) is 123 Å². The SMILES string of the molecule is CC(=O)Oc1ccc(C2OC[C@H]3O[C@H]([Se]c4ccccc4)[C@H](N=[N+]=[N-])[C@@H](O)[C@H]3O2)cc1. The van der Waals surface area contributed by atoms with Crippen molar-refractivity contribution in [3.8, 4) is 5.75 Å². The molecule has 2 heterocycles. The average Bonchev–Trinajstić information content (AvgIpc) is 2.77. The number of hydrogen-bond donors (Lipinski definition) is 1. The number of hydrogen-bond acceptors (Lipinski definition) is 7. The third-order valence-corrected chi connectivity index (χ3v) is 7.38. The summed E-state index contributed by atoms with van der Waals surface area (Å²) in [6.07, 6.45) is -2.94. The van der Waals surface area contributed by atoms with Crippen LogP contribution in [0.2, 0.25) is 0 Å². The first-order valence-electron chi connectivity index (χ1n) is 9.70. The molecule has 6 atom stereocenters. The fraction of sp³-hybridized carbons (Fsp3) is 0.381. The molecule has 2 aromatic rings. The van der Waals surface area contributed by atoms with Crippen molar-refractivity contribution in [3.63, 3.8) is 0 Å². The number of aliphatic hydroxyl groups is 1. The van der Waals surface area contributed by atoms with Crippen molar-refractivity contribution < 1.29 is 28.8 Å². The number of azide groups is 1. The molecule has 0 aliphatic carbocycles. The Balaban J connectivity index is 1.48. The van der Waals surface area contributed by atoms with Gasteiger partial charge in [0.15, 0.2) is 0 Å². The second-order valence-corrected chi connectivity index (χ2v) is 9.55. The van der Waals surface area contributed by atoms with Crippen molar-refractivity contribution >= 4 is 25.4 Å². The zero-order valence-electron chi connectivity index (χ0n) is 16.6. The molecule has 9 nitrogen and oxygen atoms in total. The second-order valence-electron chi connectivity index (χ2n) is 7.09. The molecule has 162 valence electrons. The molecule has 2 aliphatic rings. The molecule has 1 N–H and O–H groups in total.